The Morgan fingerprint density at radius 2 is 1.87 bits per heavy atom. The van der Waals surface area contributed by atoms with Crippen LogP contribution in [0, 0.1) is 6.57 Å². The van der Waals surface area contributed by atoms with Crippen molar-refractivity contribution in [3.8, 4) is 0 Å². The second kappa shape index (κ2) is 8.23. The summed E-state index contributed by atoms with van der Waals surface area (Å²) in [5.41, 5.74) is 1.85. The molecule has 4 rings (SSSR count). The van der Waals surface area contributed by atoms with E-state index >= 15 is 0 Å². The van der Waals surface area contributed by atoms with Gasteiger partial charge in [0.25, 0.3) is 0 Å². The molecule has 1 spiro atoms. The van der Waals surface area contributed by atoms with Crippen molar-refractivity contribution in [2.24, 2.45) is 0 Å². The van der Waals surface area contributed by atoms with E-state index in [0.29, 0.717) is 44.7 Å². The van der Waals surface area contributed by atoms with Gasteiger partial charge in [0.05, 0.1) is 25.1 Å². The number of carbonyl (C=O) groups is 1. The van der Waals surface area contributed by atoms with Crippen LogP contribution in [0.15, 0.2) is 36.8 Å². The molecular formula is C21H22F3N5O2. The number of rotatable bonds is 5. The molecule has 2 aliphatic rings. The van der Waals surface area contributed by atoms with Gasteiger partial charge in [-0.25, -0.2) is 14.6 Å². The van der Waals surface area contributed by atoms with Crippen LogP contribution in [0.3, 0.4) is 0 Å². The molecular weight excluding hydrogens is 411 g/mol. The molecule has 164 valence electrons. The van der Waals surface area contributed by atoms with E-state index in [4.69, 9.17) is 11.3 Å². The first-order valence-electron chi connectivity index (χ1n) is 9.98. The predicted molar refractivity (Wildman–Crippen MR) is 105 cm³/mol. The summed E-state index contributed by atoms with van der Waals surface area (Å²) in [6.07, 6.45) is -0.748. The summed E-state index contributed by atoms with van der Waals surface area (Å²) >= 11 is 0. The van der Waals surface area contributed by atoms with E-state index in [1.807, 2.05) is 16.7 Å². The number of alkyl halides is 3. The van der Waals surface area contributed by atoms with Crippen LogP contribution >= 0.6 is 0 Å². The topological polar surface area (TPSA) is 55.0 Å². The first-order chi connectivity index (χ1) is 14.8. The summed E-state index contributed by atoms with van der Waals surface area (Å²) in [5, 5.41) is 0. The minimum absolute atomic E-state index is 0.0162. The molecule has 31 heavy (non-hydrogen) atoms. The van der Waals surface area contributed by atoms with Crippen LogP contribution in [0.5, 0.6) is 0 Å². The Balaban J connectivity index is 1.33. The van der Waals surface area contributed by atoms with Gasteiger partial charge in [0, 0.05) is 45.2 Å². The molecule has 10 heteroatoms. The molecule has 2 fully saturated rings. The Hall–Kier alpha value is -3.06. The fourth-order valence-corrected chi connectivity index (χ4v) is 4.13. The number of likely N-dealkylation sites (tertiary alicyclic amines) is 1. The molecule has 3 heterocycles. The van der Waals surface area contributed by atoms with Crippen LogP contribution in [0.4, 0.5) is 23.7 Å². The van der Waals surface area contributed by atoms with Crippen molar-refractivity contribution in [1.29, 1.82) is 0 Å². The highest BCUT2D eigenvalue weighted by molar-refractivity contribution is 5.70. The first kappa shape index (κ1) is 21.2. The molecule has 2 aromatic rings. The summed E-state index contributed by atoms with van der Waals surface area (Å²) in [6.45, 7) is 8.28. The van der Waals surface area contributed by atoms with Gasteiger partial charge in [-0.15, -0.1) is 0 Å². The zero-order valence-corrected chi connectivity index (χ0v) is 16.8. The third-order valence-electron chi connectivity index (χ3n) is 5.78. The van der Waals surface area contributed by atoms with E-state index in [-0.39, 0.29) is 6.54 Å². The summed E-state index contributed by atoms with van der Waals surface area (Å²) in [5.74, 6) is 0. The fraction of sp³-hybridized carbons (Fsp3) is 0.476. The Kier molecular flexibility index (Phi) is 5.62. The number of hydrogen-bond acceptors (Lipinski definition) is 4. The molecule has 1 amide bonds. The number of aromatic nitrogens is 2. The molecule has 0 bridgehead atoms. The van der Waals surface area contributed by atoms with Gasteiger partial charge in [-0.1, -0.05) is 24.3 Å². The zero-order chi connectivity index (χ0) is 22.1. The molecule has 0 atom stereocenters. The Morgan fingerprint density at radius 1 is 1.16 bits per heavy atom. The van der Waals surface area contributed by atoms with Gasteiger partial charge in [-0.05, 0) is 5.56 Å². The largest absolute Gasteiger partial charge is 0.441 e. The molecule has 0 N–H and O–H groups in total. The normalized spacial score (nSPS) is 18.9. The summed E-state index contributed by atoms with van der Waals surface area (Å²) in [4.78, 5) is 22.5. The van der Waals surface area contributed by atoms with Crippen LogP contribution in [-0.2, 0) is 17.8 Å². The van der Waals surface area contributed by atoms with Crippen molar-refractivity contribution in [1.82, 2.24) is 19.4 Å². The van der Waals surface area contributed by atoms with Gasteiger partial charge in [0.2, 0.25) is 0 Å². The third-order valence-corrected chi connectivity index (χ3v) is 5.78. The molecule has 7 nitrogen and oxygen atoms in total. The van der Waals surface area contributed by atoms with E-state index in [1.54, 1.807) is 24.7 Å². The zero-order valence-electron chi connectivity index (χ0n) is 16.8. The minimum atomic E-state index is -4.43. The highest BCUT2D eigenvalue weighted by Gasteiger charge is 2.49. The second-order valence-corrected chi connectivity index (χ2v) is 8.09. The number of piperidine rings is 1. The second-order valence-electron chi connectivity index (χ2n) is 8.09. The van der Waals surface area contributed by atoms with E-state index < -0.39 is 24.4 Å². The van der Waals surface area contributed by atoms with Gasteiger partial charge >= 0.3 is 12.3 Å². The fourth-order valence-electron chi connectivity index (χ4n) is 4.13. The number of halogens is 3. The number of benzene rings is 1. The van der Waals surface area contributed by atoms with Crippen molar-refractivity contribution in [3.05, 3.63) is 59.5 Å². The van der Waals surface area contributed by atoms with Gasteiger partial charge in [0.15, 0.2) is 5.69 Å². The van der Waals surface area contributed by atoms with Crippen LogP contribution < -0.4 is 0 Å². The number of ether oxygens (including phenoxy) is 1. The summed E-state index contributed by atoms with van der Waals surface area (Å²) in [6, 6.07) is 7.41. The van der Waals surface area contributed by atoms with Crippen LogP contribution in [0.1, 0.15) is 24.1 Å². The molecule has 2 aliphatic heterocycles. The lowest BCUT2D eigenvalue weighted by molar-refractivity contribution is -0.139. The molecule has 1 aromatic heterocycles. The molecule has 0 aliphatic carbocycles. The number of carbonyl (C=O) groups excluding carboxylic acids is 1. The molecule has 1 aromatic carbocycles. The monoisotopic (exact) mass is 433 g/mol. The average Bonchev–Trinajstić information content (AvgIpc) is 3.27. The van der Waals surface area contributed by atoms with Crippen molar-refractivity contribution >= 4 is 11.8 Å². The van der Waals surface area contributed by atoms with Crippen molar-refractivity contribution in [2.75, 3.05) is 26.2 Å². The van der Waals surface area contributed by atoms with E-state index in [9.17, 15) is 18.0 Å². The highest BCUT2D eigenvalue weighted by Crippen LogP contribution is 2.35. The predicted octanol–water partition coefficient (Wildman–Crippen LogP) is 3.83. The molecule has 0 radical (unpaired) electrons. The molecule has 0 saturated carbocycles. The number of imidazole rings is 1. The first-order valence-corrected chi connectivity index (χ1v) is 9.98. The van der Waals surface area contributed by atoms with Gasteiger partial charge < -0.3 is 9.30 Å². The Morgan fingerprint density at radius 3 is 2.52 bits per heavy atom. The smallest absolute Gasteiger partial charge is 0.410 e. The summed E-state index contributed by atoms with van der Waals surface area (Å²) in [7, 11) is 0. The van der Waals surface area contributed by atoms with Crippen molar-refractivity contribution in [2.45, 2.75) is 37.7 Å². The van der Waals surface area contributed by atoms with Gasteiger partial charge in [-0.2, -0.15) is 13.2 Å². The Labute approximate surface area is 177 Å². The SMILES string of the molecule is [C-]#[N+]c1ccc(Cn2cncc2CN2CCC3(CC2)CN(CC(F)(F)F)C(=O)O3)cc1. The highest BCUT2D eigenvalue weighted by atomic mass is 19.4. The molecule has 0 unspecified atom stereocenters. The maximum atomic E-state index is 12.7. The maximum Gasteiger partial charge on any atom is 0.410 e. The standard InChI is InChI=1S/C21H22F3N5O2/c1-25-17-4-2-16(3-5-17)11-28-15-26-10-18(28)12-27-8-6-20(7-9-27)13-29(19(30)31-20)14-21(22,23)24/h2-5,10,15H,6-9,11-14H2. The quantitative estimate of drug-likeness (QED) is 0.673. The Bertz CT molecular complexity index is 972. The lowest BCUT2D eigenvalue weighted by Gasteiger charge is -2.37. The van der Waals surface area contributed by atoms with Crippen molar-refractivity contribution in [3.63, 3.8) is 0 Å². The minimum Gasteiger partial charge on any atom is -0.441 e. The number of hydrogen-bond donors (Lipinski definition) is 0. The number of amides is 1. The average molecular weight is 433 g/mol. The van der Waals surface area contributed by atoms with E-state index in [1.165, 1.54) is 0 Å². The van der Waals surface area contributed by atoms with Gasteiger partial charge in [0.1, 0.15) is 12.1 Å². The number of nitrogens with zero attached hydrogens (tertiary/aromatic N) is 5. The van der Waals surface area contributed by atoms with Crippen LogP contribution in [-0.4, -0.2) is 63.4 Å². The van der Waals surface area contributed by atoms with E-state index in [0.717, 1.165) is 16.2 Å². The maximum absolute atomic E-state index is 12.7. The molecule has 2 saturated heterocycles. The lowest BCUT2D eigenvalue weighted by Crippen LogP contribution is -2.47. The van der Waals surface area contributed by atoms with Crippen LogP contribution in [0.2, 0.25) is 0 Å². The third kappa shape index (κ3) is 4.99. The summed E-state index contributed by atoms with van der Waals surface area (Å²) < 4.78 is 45.4. The lowest BCUT2D eigenvalue weighted by atomic mass is 9.91. The van der Waals surface area contributed by atoms with Gasteiger partial charge in [-0.3, -0.25) is 9.80 Å². The van der Waals surface area contributed by atoms with E-state index in [2.05, 4.69) is 14.7 Å². The van der Waals surface area contributed by atoms with Crippen molar-refractivity contribution < 1.29 is 22.7 Å². The van der Waals surface area contributed by atoms with Crippen LogP contribution in [0.25, 0.3) is 4.85 Å².